The molecule has 1 aromatic rings. The summed E-state index contributed by atoms with van der Waals surface area (Å²) in [6.45, 7) is 3.94. The van der Waals surface area contributed by atoms with Crippen molar-refractivity contribution in [2.75, 3.05) is 5.88 Å². The summed E-state index contributed by atoms with van der Waals surface area (Å²) in [5.41, 5.74) is -2.21. The smallest absolute Gasteiger partial charge is 0.330 e. The predicted molar refractivity (Wildman–Crippen MR) is 68.9 cm³/mol. The number of nitrogens with one attached hydrogen (secondary N) is 1. The second kappa shape index (κ2) is 5.09. The lowest BCUT2D eigenvalue weighted by Gasteiger charge is -2.29. The number of H-pyrrole nitrogens is 1. The molecule has 0 spiro atoms. The zero-order valence-corrected chi connectivity index (χ0v) is 11.5. The van der Waals surface area contributed by atoms with Crippen molar-refractivity contribution in [1.82, 2.24) is 9.55 Å². The van der Waals surface area contributed by atoms with Crippen LogP contribution in [-0.2, 0) is 4.74 Å². The molecule has 1 aromatic heterocycles. The van der Waals surface area contributed by atoms with Crippen LogP contribution in [0.1, 0.15) is 32.9 Å². The van der Waals surface area contributed by atoms with E-state index in [9.17, 15) is 14.0 Å². The number of hydrogen-bond donors (Lipinski definition) is 1. The van der Waals surface area contributed by atoms with Gasteiger partial charge in [0, 0.05) is 0 Å². The summed E-state index contributed by atoms with van der Waals surface area (Å²) < 4.78 is 20.2. The number of nitrogens with zero attached hydrogens (tertiary/aromatic N) is 1. The van der Waals surface area contributed by atoms with E-state index in [0.29, 0.717) is 18.7 Å². The highest BCUT2D eigenvalue weighted by Gasteiger charge is 2.45. The Morgan fingerprint density at radius 1 is 1.63 bits per heavy atom. The van der Waals surface area contributed by atoms with Crippen molar-refractivity contribution in [3.05, 3.63) is 32.9 Å². The maximum atomic E-state index is 13.3. The van der Waals surface area contributed by atoms with E-state index in [2.05, 4.69) is 0 Å². The van der Waals surface area contributed by atoms with Gasteiger partial charge in [-0.25, -0.2) is 4.79 Å². The van der Waals surface area contributed by atoms with Crippen LogP contribution in [0.3, 0.4) is 0 Å². The number of aromatic amines is 1. The molecule has 0 unspecified atom stereocenters. The second-order valence-electron chi connectivity index (χ2n) is 4.90. The third kappa shape index (κ3) is 2.34. The molecule has 0 aliphatic carbocycles. The van der Waals surface area contributed by atoms with E-state index in [1.54, 1.807) is 0 Å². The van der Waals surface area contributed by atoms with Gasteiger partial charge in [0.1, 0.15) is 6.23 Å². The van der Waals surface area contributed by atoms with E-state index in [-0.39, 0.29) is 5.92 Å². The third-order valence-electron chi connectivity index (χ3n) is 3.88. The molecule has 3 atom stereocenters. The van der Waals surface area contributed by atoms with Crippen LogP contribution in [0.2, 0.25) is 0 Å². The minimum Gasteiger partial charge on any atom is -0.350 e. The van der Waals surface area contributed by atoms with E-state index in [1.807, 2.05) is 18.8 Å². The first-order chi connectivity index (χ1) is 8.93. The van der Waals surface area contributed by atoms with Crippen LogP contribution in [0.4, 0.5) is 4.39 Å². The van der Waals surface area contributed by atoms with Gasteiger partial charge in [0.2, 0.25) is 5.82 Å². The van der Waals surface area contributed by atoms with Crippen molar-refractivity contribution in [1.29, 1.82) is 0 Å². The number of rotatable bonds is 3. The predicted octanol–water partition coefficient (Wildman–Crippen LogP) is 1.62. The number of halogens is 2. The van der Waals surface area contributed by atoms with Gasteiger partial charge in [0.05, 0.1) is 17.7 Å². The van der Waals surface area contributed by atoms with Crippen LogP contribution < -0.4 is 11.2 Å². The van der Waals surface area contributed by atoms with Crippen LogP contribution in [0, 0.1) is 11.7 Å². The Labute approximate surface area is 114 Å². The van der Waals surface area contributed by atoms with Gasteiger partial charge in [-0.05, 0) is 18.8 Å². The number of ether oxygens (including phenoxy) is 1. The third-order valence-corrected chi connectivity index (χ3v) is 4.34. The van der Waals surface area contributed by atoms with Gasteiger partial charge in [-0.1, -0.05) is 13.8 Å². The average molecular weight is 291 g/mol. The van der Waals surface area contributed by atoms with Crippen LogP contribution in [-0.4, -0.2) is 21.0 Å². The van der Waals surface area contributed by atoms with E-state index >= 15 is 0 Å². The zero-order chi connectivity index (χ0) is 14.2. The van der Waals surface area contributed by atoms with Crippen molar-refractivity contribution in [3.8, 4) is 0 Å². The molecule has 0 radical (unpaired) electrons. The molecule has 1 N–H and O–H groups in total. The lowest BCUT2D eigenvalue weighted by atomic mass is 9.88. The summed E-state index contributed by atoms with van der Waals surface area (Å²) in [6.07, 6.45) is 1.53. The molecule has 1 aliphatic heterocycles. The molecule has 2 rings (SSSR count). The summed E-state index contributed by atoms with van der Waals surface area (Å²) in [5.74, 6) is -0.556. The highest BCUT2D eigenvalue weighted by Crippen LogP contribution is 2.43. The fourth-order valence-electron chi connectivity index (χ4n) is 2.49. The Bertz CT molecular complexity index is 579. The van der Waals surface area contributed by atoms with E-state index in [4.69, 9.17) is 16.3 Å². The topological polar surface area (TPSA) is 64.1 Å². The molecular formula is C12H16ClFN2O3. The molecule has 106 valence electrons. The lowest BCUT2D eigenvalue weighted by Crippen LogP contribution is -2.37. The molecule has 1 saturated heterocycles. The molecular weight excluding hydrogens is 275 g/mol. The van der Waals surface area contributed by atoms with Crippen LogP contribution in [0.15, 0.2) is 15.8 Å². The Morgan fingerprint density at radius 3 is 2.84 bits per heavy atom. The number of aromatic nitrogens is 2. The molecule has 5 nitrogen and oxygen atoms in total. The zero-order valence-electron chi connectivity index (χ0n) is 10.8. The summed E-state index contributed by atoms with van der Waals surface area (Å²) in [4.78, 5) is 24.6. The average Bonchev–Trinajstić information content (AvgIpc) is 2.71. The first-order valence-corrected chi connectivity index (χ1v) is 6.71. The van der Waals surface area contributed by atoms with Crippen molar-refractivity contribution >= 4 is 11.6 Å². The minimum atomic E-state index is -1.02. The molecule has 19 heavy (non-hydrogen) atoms. The molecule has 2 heterocycles. The van der Waals surface area contributed by atoms with Gasteiger partial charge in [-0.15, -0.1) is 11.6 Å². The van der Waals surface area contributed by atoms with Gasteiger partial charge < -0.3 is 4.74 Å². The summed E-state index contributed by atoms with van der Waals surface area (Å²) in [5, 5.41) is 0. The molecule has 1 fully saturated rings. The van der Waals surface area contributed by atoms with E-state index in [1.165, 1.54) is 0 Å². The van der Waals surface area contributed by atoms with Crippen molar-refractivity contribution < 1.29 is 9.13 Å². The Balaban J connectivity index is 2.38. The summed E-state index contributed by atoms with van der Waals surface area (Å²) >= 11 is 5.96. The van der Waals surface area contributed by atoms with Crippen LogP contribution in [0.25, 0.3) is 0 Å². The summed E-state index contributed by atoms with van der Waals surface area (Å²) in [7, 11) is 0. The Hall–Kier alpha value is -1.14. The van der Waals surface area contributed by atoms with Crippen molar-refractivity contribution in [2.45, 2.75) is 38.5 Å². The molecule has 0 amide bonds. The van der Waals surface area contributed by atoms with Crippen LogP contribution >= 0.6 is 11.6 Å². The quantitative estimate of drug-likeness (QED) is 0.860. The maximum Gasteiger partial charge on any atom is 0.330 e. The van der Waals surface area contributed by atoms with Crippen LogP contribution in [0.5, 0.6) is 0 Å². The standard InChI is InChI=1S/C12H16ClFN2O3/c1-3-12(6-13)7(2)4-9(19-12)16-5-8(14)10(17)15-11(16)18/h5,7,9H,3-4,6H2,1-2H3,(H,15,17,18)/t7-,9+,12-/m0/s1. The van der Waals surface area contributed by atoms with Gasteiger partial charge >= 0.3 is 5.69 Å². The lowest BCUT2D eigenvalue weighted by molar-refractivity contribution is -0.0730. The highest BCUT2D eigenvalue weighted by molar-refractivity contribution is 6.18. The summed E-state index contributed by atoms with van der Waals surface area (Å²) in [6, 6.07) is 0. The Kier molecular flexibility index (Phi) is 3.82. The molecule has 0 saturated carbocycles. The monoisotopic (exact) mass is 290 g/mol. The van der Waals surface area contributed by atoms with Gasteiger partial charge in [0.15, 0.2) is 0 Å². The van der Waals surface area contributed by atoms with E-state index in [0.717, 1.165) is 10.8 Å². The van der Waals surface area contributed by atoms with E-state index < -0.39 is 28.9 Å². The minimum absolute atomic E-state index is 0.141. The largest absolute Gasteiger partial charge is 0.350 e. The SMILES string of the molecule is CC[C@@]1(CCl)O[C@@H](n2cc(F)c(=O)[nH]c2=O)C[C@@H]1C. The fourth-order valence-corrected chi connectivity index (χ4v) is 3.00. The first kappa shape index (κ1) is 14.3. The number of hydrogen-bond acceptors (Lipinski definition) is 3. The van der Waals surface area contributed by atoms with Crippen molar-refractivity contribution in [3.63, 3.8) is 0 Å². The highest BCUT2D eigenvalue weighted by atomic mass is 35.5. The van der Waals surface area contributed by atoms with Gasteiger partial charge in [-0.2, -0.15) is 4.39 Å². The number of alkyl halides is 1. The maximum absolute atomic E-state index is 13.3. The molecule has 1 aliphatic rings. The molecule has 0 aromatic carbocycles. The van der Waals surface area contributed by atoms with Gasteiger partial charge in [0.25, 0.3) is 5.56 Å². The first-order valence-electron chi connectivity index (χ1n) is 6.18. The fraction of sp³-hybridized carbons (Fsp3) is 0.667. The normalized spacial score (nSPS) is 30.7. The molecule has 0 bridgehead atoms. The second-order valence-corrected chi connectivity index (χ2v) is 5.17. The molecule has 7 heteroatoms. The Morgan fingerprint density at radius 2 is 2.32 bits per heavy atom. The van der Waals surface area contributed by atoms with Crippen molar-refractivity contribution in [2.24, 2.45) is 5.92 Å². The van der Waals surface area contributed by atoms with Gasteiger partial charge in [-0.3, -0.25) is 14.3 Å².